The molecule has 0 heterocycles. The third-order valence-corrected chi connectivity index (χ3v) is 5.37. The maximum atomic E-state index is 10.5. The molecule has 0 saturated heterocycles. The molecule has 18 nitrogen and oxygen atoms in total. The van der Waals surface area contributed by atoms with E-state index < -0.39 is 20.2 Å². The zero-order valence-electron chi connectivity index (χ0n) is 22.0. The zero-order chi connectivity index (χ0) is 33.6. The van der Waals surface area contributed by atoms with Crippen LogP contribution < -0.4 is 0 Å². The standard InChI is InChI=1S/2C12H7ClN5O2.H2O4S/c2*13-11-7-9(3-6-12(11)15-14)17-16-8-1-4-10(5-2-8)18(19)20;1-5(2,3)4/h2*1-7H;(H2,1,2,3,4)/q2*+1;/p-2. The van der Waals surface area contributed by atoms with Gasteiger partial charge in [0.2, 0.25) is 10.8 Å². The number of hydrogen-bond donors (Lipinski definition) is 0. The molecular weight excluding hydrogens is 659 g/mol. The Bertz CT molecular complexity index is 1810. The van der Waals surface area contributed by atoms with Crippen molar-refractivity contribution < 1.29 is 27.4 Å². The second kappa shape index (κ2) is 16.7. The van der Waals surface area contributed by atoms with E-state index in [9.17, 15) is 20.2 Å². The number of azo groups is 2. The minimum Gasteiger partial charge on any atom is -0.759 e. The SMILES string of the molecule is N#[N+]c1ccc(N=Nc2ccc([N+](=O)[O-])cc2)cc1Cl.N#[N+]c1ccc(N=Nc2ccc([N+](=O)[O-])cc2)cc1Cl.O=S(=O)([O-])[O-]. The van der Waals surface area contributed by atoms with Crippen molar-refractivity contribution in [3.63, 3.8) is 0 Å². The van der Waals surface area contributed by atoms with Crippen LogP contribution >= 0.6 is 23.2 Å². The number of nitro groups is 2. The number of rotatable bonds is 6. The Balaban J connectivity index is 0.000000273. The summed E-state index contributed by atoms with van der Waals surface area (Å²) in [6.07, 6.45) is 0. The molecule has 0 fully saturated rings. The van der Waals surface area contributed by atoms with Crippen LogP contribution in [0, 0.1) is 31.0 Å². The van der Waals surface area contributed by atoms with E-state index in [0.717, 1.165) is 0 Å². The van der Waals surface area contributed by atoms with Crippen LogP contribution in [0.5, 0.6) is 0 Å². The summed E-state index contributed by atoms with van der Waals surface area (Å²) in [5, 5.41) is 54.4. The van der Waals surface area contributed by atoms with E-state index in [-0.39, 0.29) is 32.8 Å². The van der Waals surface area contributed by atoms with Gasteiger partial charge in [0.15, 0.2) is 9.95 Å². The lowest BCUT2D eigenvalue weighted by molar-refractivity contribution is -0.385. The van der Waals surface area contributed by atoms with Crippen molar-refractivity contribution in [3.05, 3.63) is 125 Å². The van der Waals surface area contributed by atoms with Crippen LogP contribution in [0.2, 0.25) is 10.0 Å². The number of halogens is 2. The highest BCUT2D eigenvalue weighted by Crippen LogP contribution is 2.31. The van der Waals surface area contributed by atoms with E-state index in [4.69, 9.17) is 51.5 Å². The van der Waals surface area contributed by atoms with Gasteiger partial charge in [0, 0.05) is 46.8 Å². The van der Waals surface area contributed by atoms with Crippen LogP contribution in [0.4, 0.5) is 45.5 Å². The Labute approximate surface area is 262 Å². The third kappa shape index (κ3) is 12.9. The molecule has 45 heavy (non-hydrogen) atoms. The van der Waals surface area contributed by atoms with Crippen LogP contribution in [0.15, 0.2) is 105 Å². The summed E-state index contributed by atoms with van der Waals surface area (Å²) in [5.74, 6) is 0. The van der Waals surface area contributed by atoms with Crippen LogP contribution in [0.3, 0.4) is 0 Å². The molecule has 0 N–H and O–H groups in total. The maximum Gasteiger partial charge on any atom is 0.403 e. The van der Waals surface area contributed by atoms with Crippen LogP contribution in [-0.2, 0) is 10.4 Å². The molecule has 0 amide bonds. The fourth-order valence-electron chi connectivity index (χ4n) is 2.79. The van der Waals surface area contributed by atoms with E-state index in [1.54, 1.807) is 12.1 Å². The van der Waals surface area contributed by atoms with Crippen molar-refractivity contribution in [2.24, 2.45) is 20.5 Å². The molecule has 0 spiro atoms. The quantitative estimate of drug-likeness (QED) is 0.0467. The van der Waals surface area contributed by atoms with E-state index in [1.165, 1.54) is 72.8 Å². The summed E-state index contributed by atoms with van der Waals surface area (Å²) in [5.41, 5.74) is 2.34. The van der Waals surface area contributed by atoms with Gasteiger partial charge in [0.05, 0.1) is 32.6 Å². The molecule has 0 radical (unpaired) electrons. The molecule has 0 aromatic heterocycles. The van der Waals surface area contributed by atoms with E-state index >= 15 is 0 Å². The summed E-state index contributed by atoms with van der Waals surface area (Å²) >= 11 is 11.7. The minimum absolute atomic E-state index is 0.0131. The molecule has 0 aliphatic heterocycles. The summed E-state index contributed by atoms with van der Waals surface area (Å²) in [7, 11) is -5.17. The maximum absolute atomic E-state index is 10.5. The minimum atomic E-state index is -5.17. The van der Waals surface area contributed by atoms with Crippen molar-refractivity contribution in [3.8, 4) is 0 Å². The number of diazo groups is 2. The third-order valence-electron chi connectivity index (χ3n) is 4.76. The van der Waals surface area contributed by atoms with E-state index in [1.807, 2.05) is 0 Å². The highest BCUT2D eigenvalue weighted by molar-refractivity contribution is 7.79. The first-order chi connectivity index (χ1) is 21.2. The van der Waals surface area contributed by atoms with Crippen LogP contribution in [0.1, 0.15) is 0 Å². The predicted molar refractivity (Wildman–Crippen MR) is 157 cm³/mol. The van der Waals surface area contributed by atoms with Gasteiger partial charge in [-0.25, -0.2) is 0 Å². The first-order valence-corrected chi connectivity index (χ1v) is 13.6. The van der Waals surface area contributed by atoms with Gasteiger partial charge in [-0.1, -0.05) is 23.2 Å². The molecule has 0 saturated carbocycles. The van der Waals surface area contributed by atoms with Gasteiger partial charge in [0.25, 0.3) is 11.4 Å². The van der Waals surface area contributed by atoms with Crippen molar-refractivity contribution in [1.29, 1.82) is 10.8 Å². The van der Waals surface area contributed by atoms with Gasteiger partial charge in [-0.15, -0.1) is 0 Å². The molecular formula is C24H14Cl2N10O8S. The number of hydrogen-bond acceptors (Lipinski definition) is 14. The second-order valence-corrected chi connectivity index (χ2v) is 9.46. The summed E-state index contributed by atoms with van der Waals surface area (Å²) in [4.78, 5) is 26.0. The molecule has 4 aromatic carbocycles. The Hall–Kier alpha value is -5.83. The van der Waals surface area contributed by atoms with Gasteiger partial charge in [-0.3, -0.25) is 28.6 Å². The molecule has 0 atom stereocenters. The Morgan fingerprint density at radius 2 is 0.844 bits per heavy atom. The average molecular weight is 673 g/mol. The largest absolute Gasteiger partial charge is 0.759 e. The summed E-state index contributed by atoms with van der Waals surface area (Å²) in [6, 6.07) is 20.4. The van der Waals surface area contributed by atoms with Gasteiger partial charge >= 0.3 is 11.4 Å². The molecule has 228 valence electrons. The fraction of sp³-hybridized carbons (Fsp3) is 0. The van der Waals surface area contributed by atoms with Gasteiger partial charge in [-0.2, -0.15) is 20.5 Å². The first kappa shape index (κ1) is 35.4. The number of non-ortho nitro benzene ring substituents is 2. The van der Waals surface area contributed by atoms with E-state index in [0.29, 0.717) is 22.7 Å². The number of nitrogens with zero attached hydrogens (tertiary/aromatic N) is 10. The topological polar surface area (TPSA) is 272 Å². The lowest BCUT2D eigenvalue weighted by atomic mass is 10.3. The van der Waals surface area contributed by atoms with Crippen molar-refractivity contribution in [2.75, 3.05) is 0 Å². The molecule has 0 aliphatic carbocycles. The molecule has 0 unspecified atom stereocenters. The Morgan fingerprint density at radius 3 is 1.09 bits per heavy atom. The Kier molecular flexibility index (Phi) is 13.1. The molecule has 0 aliphatic rings. The van der Waals surface area contributed by atoms with Crippen molar-refractivity contribution in [1.82, 2.24) is 0 Å². The van der Waals surface area contributed by atoms with Gasteiger partial charge in [0.1, 0.15) is 10.0 Å². The normalized spacial score (nSPS) is 10.5. The predicted octanol–water partition coefficient (Wildman–Crippen LogP) is 8.96. The highest BCUT2D eigenvalue weighted by atomic mass is 35.5. The monoisotopic (exact) mass is 672 g/mol. The molecule has 0 bridgehead atoms. The van der Waals surface area contributed by atoms with Gasteiger partial charge in [-0.05, 0) is 48.5 Å². The lowest BCUT2D eigenvalue weighted by Crippen LogP contribution is -1.91. The van der Waals surface area contributed by atoms with Crippen molar-refractivity contribution in [2.45, 2.75) is 0 Å². The van der Waals surface area contributed by atoms with Crippen LogP contribution in [-0.4, -0.2) is 27.4 Å². The smallest absolute Gasteiger partial charge is 0.403 e. The van der Waals surface area contributed by atoms with Crippen LogP contribution in [0.25, 0.3) is 9.95 Å². The Morgan fingerprint density at radius 1 is 0.578 bits per heavy atom. The first-order valence-electron chi connectivity index (χ1n) is 11.5. The summed E-state index contributed by atoms with van der Waals surface area (Å²) in [6.45, 7) is 0. The molecule has 4 rings (SSSR count). The van der Waals surface area contributed by atoms with E-state index in [2.05, 4.69) is 30.4 Å². The van der Waals surface area contributed by atoms with Gasteiger partial charge < -0.3 is 9.11 Å². The fourth-order valence-corrected chi connectivity index (χ4v) is 3.22. The average Bonchev–Trinajstić information content (AvgIpc) is 2.99. The lowest BCUT2D eigenvalue weighted by Gasteiger charge is -2.06. The summed E-state index contributed by atoms with van der Waals surface area (Å²) < 4.78 is 34.1. The molecule has 4 aromatic rings. The molecule has 21 heteroatoms. The zero-order valence-corrected chi connectivity index (χ0v) is 24.3. The van der Waals surface area contributed by atoms with Crippen molar-refractivity contribution >= 4 is 79.1 Å². The second-order valence-electron chi connectivity index (χ2n) is 7.83. The number of benzene rings is 4. The highest BCUT2D eigenvalue weighted by Gasteiger charge is 2.12. The number of nitro benzene ring substituents is 2.